The molecule has 2 N–H and O–H groups in total. The summed E-state index contributed by atoms with van der Waals surface area (Å²) in [6.45, 7) is 4.18. The third-order valence-corrected chi connectivity index (χ3v) is 5.67. The number of halogens is 1. The zero-order chi connectivity index (χ0) is 15.4. The summed E-state index contributed by atoms with van der Waals surface area (Å²) in [7, 11) is 2.45. The van der Waals surface area contributed by atoms with Crippen LogP contribution in [0.4, 0.5) is 10.7 Å². The minimum Gasteiger partial charge on any atom is -0.356 e. The van der Waals surface area contributed by atoms with E-state index in [0.29, 0.717) is 11.5 Å². The quantitative estimate of drug-likeness (QED) is 0.812. The van der Waals surface area contributed by atoms with Gasteiger partial charge < -0.3 is 10.6 Å². The molecule has 0 radical (unpaired) electrons. The van der Waals surface area contributed by atoms with Crippen molar-refractivity contribution >= 4 is 48.9 Å². The Hall–Kier alpha value is -1.37. The molecule has 0 fully saturated rings. The average molecular weight is 343 g/mol. The topological polar surface area (TPSA) is 58.2 Å². The zero-order valence-electron chi connectivity index (χ0n) is 11.6. The molecule has 1 aromatic carbocycles. The summed E-state index contributed by atoms with van der Waals surface area (Å²) < 4.78 is -0.121. The van der Waals surface area contributed by atoms with E-state index in [4.69, 9.17) is 11.6 Å². The molecule has 0 aliphatic heterocycles. The van der Waals surface area contributed by atoms with E-state index in [1.165, 1.54) is 17.3 Å². The number of rotatable bonds is 5. The highest BCUT2D eigenvalue weighted by Gasteiger charge is 2.09. The van der Waals surface area contributed by atoms with E-state index in [1.54, 1.807) is 0 Å². The Kier molecular flexibility index (Phi) is 5.39. The van der Waals surface area contributed by atoms with Gasteiger partial charge in [0, 0.05) is 19.2 Å². The number of hydrogen-bond acceptors (Lipinski definition) is 5. The number of benzene rings is 1. The molecule has 21 heavy (non-hydrogen) atoms. The second-order valence-electron chi connectivity index (χ2n) is 4.68. The highest BCUT2D eigenvalue weighted by molar-refractivity contribution is 7.70. The minimum atomic E-state index is -0.121. The lowest BCUT2D eigenvalue weighted by molar-refractivity contribution is -0.119. The van der Waals surface area contributed by atoms with Crippen molar-refractivity contribution in [3.05, 3.63) is 44.4 Å². The van der Waals surface area contributed by atoms with Crippen LogP contribution >= 0.6 is 32.3 Å². The van der Waals surface area contributed by atoms with Crippen molar-refractivity contribution in [3.63, 3.8) is 0 Å². The first-order valence-electron chi connectivity index (χ1n) is 6.37. The highest BCUT2D eigenvalue weighted by Crippen LogP contribution is 2.30. The van der Waals surface area contributed by atoms with Crippen LogP contribution in [0.5, 0.6) is 0 Å². The van der Waals surface area contributed by atoms with E-state index in [1.807, 2.05) is 24.3 Å². The Balaban J connectivity index is 2.03. The van der Waals surface area contributed by atoms with Crippen LogP contribution in [-0.4, -0.2) is 12.5 Å². The van der Waals surface area contributed by atoms with Gasteiger partial charge in [-0.1, -0.05) is 41.0 Å². The largest absolute Gasteiger partial charge is 0.356 e. The fourth-order valence-electron chi connectivity index (χ4n) is 1.76. The number of carbonyl (C=O) groups excluding carboxylic acids is 1. The second-order valence-corrected chi connectivity index (χ2v) is 7.17. The summed E-state index contributed by atoms with van der Waals surface area (Å²) in [5.41, 5.74) is 2.01. The molecule has 2 aromatic rings. The van der Waals surface area contributed by atoms with Crippen LogP contribution in [0.25, 0.3) is 0 Å². The van der Waals surface area contributed by atoms with E-state index in [2.05, 4.69) is 17.6 Å². The predicted octanol–water partition coefficient (Wildman–Crippen LogP) is 3.81. The maximum absolute atomic E-state index is 11.3. The van der Waals surface area contributed by atoms with Crippen molar-refractivity contribution in [1.29, 1.82) is 0 Å². The molecule has 2 rings (SSSR count). The van der Waals surface area contributed by atoms with Gasteiger partial charge in [-0.3, -0.25) is 9.59 Å². The van der Waals surface area contributed by atoms with Crippen molar-refractivity contribution in [2.75, 3.05) is 11.9 Å². The van der Waals surface area contributed by atoms with Gasteiger partial charge in [0.05, 0.1) is 0 Å². The SMILES string of the molecule is CC(=O)NCC(C)c1ccc(Nc2ssc(=O)c2Cl)cc1. The van der Waals surface area contributed by atoms with Gasteiger partial charge in [0.2, 0.25) is 5.91 Å². The molecular weight excluding hydrogens is 328 g/mol. The number of nitrogens with one attached hydrogen (secondary N) is 2. The van der Waals surface area contributed by atoms with Crippen molar-refractivity contribution < 1.29 is 4.79 Å². The first-order valence-corrected chi connectivity index (χ1v) is 8.90. The van der Waals surface area contributed by atoms with Crippen molar-refractivity contribution in [3.8, 4) is 0 Å². The van der Waals surface area contributed by atoms with Crippen LogP contribution in [0.15, 0.2) is 29.1 Å². The minimum absolute atomic E-state index is 0.0258. The molecule has 112 valence electrons. The molecule has 0 spiro atoms. The first-order chi connectivity index (χ1) is 9.97. The maximum atomic E-state index is 11.3. The third-order valence-electron chi connectivity index (χ3n) is 2.97. The summed E-state index contributed by atoms with van der Waals surface area (Å²) >= 11 is 5.92. The molecule has 1 atom stereocenters. The molecular formula is C14H15ClN2O2S2. The van der Waals surface area contributed by atoms with Crippen LogP contribution < -0.4 is 15.4 Å². The Morgan fingerprint density at radius 2 is 1.95 bits per heavy atom. The smallest absolute Gasteiger partial charge is 0.263 e. The number of carbonyl (C=O) groups is 1. The molecule has 0 bridgehead atoms. The normalized spacial score (nSPS) is 12.0. The first kappa shape index (κ1) is 16.0. The van der Waals surface area contributed by atoms with Gasteiger partial charge in [-0.25, -0.2) is 0 Å². The van der Waals surface area contributed by atoms with Crippen LogP contribution in [0.2, 0.25) is 5.02 Å². The molecule has 1 aromatic heterocycles. The van der Waals surface area contributed by atoms with Gasteiger partial charge in [-0.15, -0.1) is 0 Å². The number of anilines is 2. The van der Waals surface area contributed by atoms with Gasteiger partial charge in [-0.05, 0) is 34.0 Å². The van der Waals surface area contributed by atoms with Crippen molar-refractivity contribution in [2.24, 2.45) is 0 Å². The maximum Gasteiger partial charge on any atom is 0.263 e. The van der Waals surface area contributed by atoms with E-state index in [9.17, 15) is 9.59 Å². The fourth-order valence-corrected chi connectivity index (χ4v) is 4.14. The lowest BCUT2D eigenvalue weighted by atomic mass is 10.0. The predicted molar refractivity (Wildman–Crippen MR) is 90.3 cm³/mol. The van der Waals surface area contributed by atoms with Gasteiger partial charge >= 0.3 is 0 Å². The molecule has 0 aliphatic carbocycles. The van der Waals surface area contributed by atoms with E-state index < -0.39 is 0 Å². The van der Waals surface area contributed by atoms with Gasteiger partial charge in [0.15, 0.2) is 0 Å². The number of amides is 1. The third kappa shape index (κ3) is 4.30. The Bertz CT molecular complexity index is 679. The standard InChI is InChI=1S/C14H15ClN2O2S2/c1-8(7-16-9(2)18)10-3-5-11(6-4-10)17-13-12(15)14(19)21-20-13/h3-6,8,17H,7H2,1-2H3,(H,16,18). The van der Waals surface area contributed by atoms with Gasteiger partial charge in [0.1, 0.15) is 10.0 Å². The lowest BCUT2D eigenvalue weighted by Crippen LogP contribution is -2.24. The molecule has 0 saturated heterocycles. The van der Waals surface area contributed by atoms with Crippen LogP contribution in [0, 0.1) is 0 Å². The Morgan fingerprint density at radius 1 is 1.29 bits per heavy atom. The van der Waals surface area contributed by atoms with Crippen LogP contribution in [-0.2, 0) is 4.79 Å². The highest BCUT2D eigenvalue weighted by atomic mass is 35.5. The van der Waals surface area contributed by atoms with Crippen molar-refractivity contribution in [2.45, 2.75) is 19.8 Å². The monoisotopic (exact) mass is 342 g/mol. The molecule has 4 nitrogen and oxygen atoms in total. The summed E-state index contributed by atoms with van der Waals surface area (Å²) in [6, 6.07) is 7.87. The molecule has 1 unspecified atom stereocenters. The molecule has 1 heterocycles. The molecule has 7 heteroatoms. The number of hydrogen-bond donors (Lipinski definition) is 2. The lowest BCUT2D eigenvalue weighted by Gasteiger charge is -2.13. The molecule has 0 aliphatic rings. The van der Waals surface area contributed by atoms with Crippen LogP contribution in [0.3, 0.4) is 0 Å². The van der Waals surface area contributed by atoms with Gasteiger partial charge in [0.25, 0.3) is 4.74 Å². The molecule has 1 amide bonds. The molecule has 0 saturated carbocycles. The Morgan fingerprint density at radius 3 is 2.48 bits per heavy atom. The Labute approximate surface area is 135 Å². The van der Waals surface area contributed by atoms with E-state index in [-0.39, 0.29) is 21.6 Å². The van der Waals surface area contributed by atoms with Crippen LogP contribution in [0.1, 0.15) is 25.3 Å². The van der Waals surface area contributed by atoms with Gasteiger partial charge in [-0.2, -0.15) is 0 Å². The summed E-state index contributed by atoms with van der Waals surface area (Å²) in [4.78, 5) is 22.2. The zero-order valence-corrected chi connectivity index (χ0v) is 14.0. The average Bonchev–Trinajstić information content (AvgIpc) is 2.77. The van der Waals surface area contributed by atoms with E-state index >= 15 is 0 Å². The van der Waals surface area contributed by atoms with Crippen molar-refractivity contribution in [1.82, 2.24) is 5.32 Å². The summed E-state index contributed by atoms with van der Waals surface area (Å²) in [5, 5.41) is 6.86. The van der Waals surface area contributed by atoms with E-state index in [0.717, 1.165) is 21.6 Å². The summed E-state index contributed by atoms with van der Waals surface area (Å²) in [5.74, 6) is 0.214. The fraction of sp³-hybridized carbons (Fsp3) is 0.286. The summed E-state index contributed by atoms with van der Waals surface area (Å²) in [6.07, 6.45) is 0. The second kappa shape index (κ2) is 7.06.